The van der Waals surface area contributed by atoms with Crippen LogP contribution in [0.3, 0.4) is 0 Å². The lowest BCUT2D eigenvalue weighted by atomic mass is 10.1. The van der Waals surface area contributed by atoms with Gasteiger partial charge in [0.15, 0.2) is 0 Å². The third-order valence-electron chi connectivity index (χ3n) is 5.64. The maximum Gasteiger partial charge on any atom is 0.336 e. The van der Waals surface area contributed by atoms with Crippen LogP contribution in [0.25, 0.3) is 11.0 Å². The minimum atomic E-state index is -0.604. The maximum atomic E-state index is 11.6. The highest BCUT2D eigenvalue weighted by Crippen LogP contribution is 2.23. The third-order valence-corrected chi connectivity index (χ3v) is 5.64. The van der Waals surface area contributed by atoms with Crippen LogP contribution in [0.2, 0.25) is 0 Å². The Morgan fingerprint density at radius 2 is 1.74 bits per heavy atom. The summed E-state index contributed by atoms with van der Waals surface area (Å²) in [4.78, 5) is 16.2. The standard InChI is InChI=1S/C24H28N2O5/c1-17-13-24(28)31-23-14-21(7-8-22(17)23)30-16-19(27)15-25-9-11-26(12-10-25)18-3-5-20(29-2)6-4-18/h3-8,13-14,19,27H,9-12,15-16H2,1-2H3/t19-/m1/s1. The minimum Gasteiger partial charge on any atom is -0.497 e. The number of methoxy groups -OCH3 is 1. The largest absolute Gasteiger partial charge is 0.497 e. The number of nitrogens with zero attached hydrogens (tertiary/aromatic N) is 2. The van der Waals surface area contributed by atoms with Gasteiger partial charge in [-0.15, -0.1) is 0 Å². The lowest BCUT2D eigenvalue weighted by Gasteiger charge is -2.36. The van der Waals surface area contributed by atoms with Gasteiger partial charge in [0.1, 0.15) is 29.8 Å². The number of aliphatic hydroxyl groups is 1. The molecular weight excluding hydrogens is 396 g/mol. The fourth-order valence-corrected chi connectivity index (χ4v) is 3.92. The molecule has 0 bridgehead atoms. The van der Waals surface area contributed by atoms with Gasteiger partial charge in [0.2, 0.25) is 0 Å². The molecule has 2 aromatic carbocycles. The topological polar surface area (TPSA) is 75.4 Å². The number of hydrogen-bond donors (Lipinski definition) is 1. The van der Waals surface area contributed by atoms with Crippen molar-refractivity contribution in [1.29, 1.82) is 0 Å². The van der Waals surface area contributed by atoms with Gasteiger partial charge in [0.25, 0.3) is 0 Å². The highest BCUT2D eigenvalue weighted by molar-refractivity contribution is 5.81. The van der Waals surface area contributed by atoms with Crippen LogP contribution >= 0.6 is 0 Å². The number of aryl methyl sites for hydroxylation is 1. The van der Waals surface area contributed by atoms with E-state index in [9.17, 15) is 9.90 Å². The van der Waals surface area contributed by atoms with Gasteiger partial charge in [0, 0.05) is 55.9 Å². The lowest BCUT2D eigenvalue weighted by molar-refractivity contribution is 0.0663. The van der Waals surface area contributed by atoms with Gasteiger partial charge in [-0.2, -0.15) is 0 Å². The fraction of sp³-hybridized carbons (Fsp3) is 0.375. The Bertz CT molecular complexity index is 1070. The number of benzene rings is 2. The monoisotopic (exact) mass is 424 g/mol. The first-order valence-corrected chi connectivity index (χ1v) is 10.5. The summed E-state index contributed by atoms with van der Waals surface area (Å²) in [7, 11) is 1.67. The fourth-order valence-electron chi connectivity index (χ4n) is 3.92. The second-order valence-corrected chi connectivity index (χ2v) is 7.86. The average Bonchev–Trinajstić information content (AvgIpc) is 2.78. The molecular formula is C24H28N2O5. The maximum absolute atomic E-state index is 11.6. The Kier molecular flexibility index (Phi) is 6.44. The molecule has 0 amide bonds. The molecule has 1 fully saturated rings. The number of fused-ring (bicyclic) bond motifs is 1. The van der Waals surface area contributed by atoms with Crippen molar-refractivity contribution < 1.29 is 19.0 Å². The van der Waals surface area contributed by atoms with Crippen LogP contribution in [0.15, 0.2) is 57.7 Å². The molecule has 4 rings (SSSR count). The molecule has 0 saturated carbocycles. The van der Waals surface area contributed by atoms with E-state index < -0.39 is 6.10 Å². The summed E-state index contributed by atoms with van der Waals surface area (Å²) in [6.45, 7) is 6.18. The molecule has 1 atom stereocenters. The summed E-state index contributed by atoms with van der Waals surface area (Å²) in [5.41, 5.74) is 2.16. The predicted octanol–water partition coefficient (Wildman–Crippen LogP) is 2.67. The molecule has 164 valence electrons. The van der Waals surface area contributed by atoms with E-state index in [0.29, 0.717) is 17.9 Å². The van der Waals surface area contributed by atoms with Gasteiger partial charge in [-0.3, -0.25) is 4.90 Å². The Balaban J connectivity index is 1.26. The molecule has 1 saturated heterocycles. The van der Waals surface area contributed by atoms with Crippen LogP contribution in [0.4, 0.5) is 5.69 Å². The summed E-state index contributed by atoms with van der Waals surface area (Å²) in [6, 6.07) is 15.0. The number of piperazine rings is 1. The third kappa shape index (κ3) is 5.18. The second-order valence-electron chi connectivity index (χ2n) is 7.86. The molecule has 1 N–H and O–H groups in total. The number of β-amino-alcohol motifs (C(OH)–C–C–N with tert-alkyl or cyclic N) is 1. The Morgan fingerprint density at radius 1 is 1.03 bits per heavy atom. The van der Waals surface area contributed by atoms with Gasteiger partial charge in [-0.1, -0.05) is 0 Å². The van der Waals surface area contributed by atoms with E-state index in [0.717, 1.165) is 42.9 Å². The zero-order valence-electron chi connectivity index (χ0n) is 17.9. The number of ether oxygens (including phenoxy) is 2. The number of hydrogen-bond acceptors (Lipinski definition) is 7. The van der Waals surface area contributed by atoms with Gasteiger partial charge in [-0.25, -0.2) is 4.79 Å². The van der Waals surface area contributed by atoms with E-state index in [1.807, 2.05) is 31.2 Å². The van der Waals surface area contributed by atoms with Crippen molar-refractivity contribution in [3.63, 3.8) is 0 Å². The highest BCUT2D eigenvalue weighted by atomic mass is 16.5. The van der Waals surface area contributed by atoms with Crippen molar-refractivity contribution in [2.75, 3.05) is 51.3 Å². The molecule has 0 unspecified atom stereocenters. The number of anilines is 1. The van der Waals surface area contributed by atoms with E-state index in [1.165, 1.54) is 11.8 Å². The van der Waals surface area contributed by atoms with Crippen LogP contribution in [0.5, 0.6) is 11.5 Å². The SMILES string of the molecule is COc1ccc(N2CCN(C[C@@H](O)COc3ccc4c(C)cc(=O)oc4c3)CC2)cc1. The first-order valence-electron chi connectivity index (χ1n) is 10.5. The van der Waals surface area contributed by atoms with Gasteiger partial charge < -0.3 is 23.9 Å². The smallest absolute Gasteiger partial charge is 0.336 e. The molecule has 3 aromatic rings. The zero-order valence-corrected chi connectivity index (χ0v) is 17.9. The van der Waals surface area contributed by atoms with Crippen molar-refractivity contribution >= 4 is 16.7 Å². The zero-order chi connectivity index (χ0) is 21.8. The molecule has 0 radical (unpaired) electrons. The molecule has 7 heteroatoms. The van der Waals surface area contributed by atoms with Gasteiger partial charge in [0.05, 0.1) is 7.11 Å². The Hall–Kier alpha value is -3.03. The van der Waals surface area contributed by atoms with Crippen LogP contribution in [-0.2, 0) is 0 Å². The van der Waals surface area contributed by atoms with Gasteiger partial charge >= 0.3 is 5.63 Å². The van der Waals surface area contributed by atoms with Crippen molar-refractivity contribution in [2.45, 2.75) is 13.0 Å². The van der Waals surface area contributed by atoms with Crippen molar-refractivity contribution in [1.82, 2.24) is 4.90 Å². The number of aliphatic hydroxyl groups excluding tert-OH is 1. The minimum absolute atomic E-state index is 0.181. The predicted molar refractivity (Wildman–Crippen MR) is 120 cm³/mol. The second kappa shape index (κ2) is 9.41. The summed E-state index contributed by atoms with van der Waals surface area (Å²) in [5.74, 6) is 1.43. The molecule has 0 aliphatic carbocycles. The quantitative estimate of drug-likeness (QED) is 0.585. The molecule has 31 heavy (non-hydrogen) atoms. The summed E-state index contributed by atoms with van der Waals surface area (Å²) in [6.07, 6.45) is -0.604. The lowest BCUT2D eigenvalue weighted by Crippen LogP contribution is -2.49. The Labute approximate surface area is 181 Å². The average molecular weight is 424 g/mol. The van der Waals surface area contributed by atoms with Crippen LogP contribution in [0, 0.1) is 6.92 Å². The summed E-state index contributed by atoms with van der Waals surface area (Å²) < 4.78 is 16.2. The molecule has 1 aliphatic rings. The van der Waals surface area contributed by atoms with Crippen molar-refractivity contribution in [3.8, 4) is 11.5 Å². The van der Waals surface area contributed by atoms with Crippen LogP contribution in [0.1, 0.15) is 5.56 Å². The molecule has 1 aromatic heterocycles. The van der Waals surface area contributed by atoms with E-state index in [-0.39, 0.29) is 12.2 Å². The molecule has 1 aliphatic heterocycles. The van der Waals surface area contributed by atoms with Crippen LogP contribution in [-0.4, -0.2) is 62.6 Å². The molecule has 2 heterocycles. The first kappa shape index (κ1) is 21.2. The van der Waals surface area contributed by atoms with Gasteiger partial charge in [-0.05, 0) is 48.9 Å². The van der Waals surface area contributed by atoms with Crippen molar-refractivity contribution in [2.24, 2.45) is 0 Å². The molecule has 0 spiro atoms. The summed E-state index contributed by atoms with van der Waals surface area (Å²) in [5, 5.41) is 11.3. The van der Waals surface area contributed by atoms with E-state index in [2.05, 4.69) is 21.9 Å². The normalized spacial score (nSPS) is 15.8. The Morgan fingerprint density at radius 3 is 2.45 bits per heavy atom. The first-order chi connectivity index (χ1) is 15.0. The highest BCUT2D eigenvalue weighted by Gasteiger charge is 2.20. The van der Waals surface area contributed by atoms with Crippen LogP contribution < -0.4 is 20.0 Å². The van der Waals surface area contributed by atoms with E-state index in [1.54, 1.807) is 13.2 Å². The van der Waals surface area contributed by atoms with E-state index >= 15 is 0 Å². The molecule has 7 nitrogen and oxygen atoms in total. The summed E-state index contributed by atoms with van der Waals surface area (Å²) >= 11 is 0. The van der Waals surface area contributed by atoms with E-state index in [4.69, 9.17) is 13.9 Å². The number of rotatable bonds is 7. The van der Waals surface area contributed by atoms with Crippen molar-refractivity contribution in [3.05, 3.63) is 64.5 Å².